The summed E-state index contributed by atoms with van der Waals surface area (Å²) in [5.41, 5.74) is 1.99. The monoisotopic (exact) mass is 296 g/mol. The van der Waals surface area contributed by atoms with E-state index >= 15 is 0 Å². The molecule has 2 aromatic rings. The van der Waals surface area contributed by atoms with Crippen LogP contribution in [0.5, 0.6) is 0 Å². The van der Waals surface area contributed by atoms with E-state index < -0.39 is 11.8 Å². The molecular formula is C18H20N2O2. The van der Waals surface area contributed by atoms with Crippen LogP contribution in [0.3, 0.4) is 0 Å². The first-order valence-corrected chi connectivity index (χ1v) is 7.16. The first-order valence-electron chi connectivity index (χ1n) is 7.16. The van der Waals surface area contributed by atoms with E-state index in [-0.39, 0.29) is 0 Å². The molecule has 0 aliphatic rings. The minimum absolute atomic E-state index is 0.421. The number of carbonyl (C=O) groups is 2. The van der Waals surface area contributed by atoms with Gasteiger partial charge in [-0.15, -0.1) is 0 Å². The van der Waals surface area contributed by atoms with Crippen molar-refractivity contribution in [2.75, 3.05) is 14.1 Å². The Kier molecular flexibility index (Phi) is 5.31. The van der Waals surface area contributed by atoms with Crippen molar-refractivity contribution in [3.8, 4) is 0 Å². The lowest BCUT2D eigenvalue weighted by molar-refractivity contribution is -0.150. The van der Waals surface area contributed by atoms with Crippen molar-refractivity contribution in [1.82, 2.24) is 9.80 Å². The molecule has 0 aliphatic carbocycles. The molecule has 2 amide bonds. The van der Waals surface area contributed by atoms with Gasteiger partial charge in [0, 0.05) is 27.2 Å². The fourth-order valence-electron chi connectivity index (χ4n) is 2.18. The molecule has 0 saturated carbocycles. The summed E-state index contributed by atoms with van der Waals surface area (Å²) in [4.78, 5) is 27.3. The van der Waals surface area contributed by atoms with Crippen LogP contribution < -0.4 is 0 Å². The highest BCUT2D eigenvalue weighted by Crippen LogP contribution is 2.06. The maximum Gasteiger partial charge on any atom is 0.312 e. The van der Waals surface area contributed by atoms with Gasteiger partial charge < -0.3 is 9.80 Å². The van der Waals surface area contributed by atoms with Gasteiger partial charge >= 0.3 is 11.8 Å². The van der Waals surface area contributed by atoms with Crippen LogP contribution in [-0.4, -0.2) is 35.7 Å². The van der Waals surface area contributed by atoms with E-state index in [9.17, 15) is 9.59 Å². The zero-order valence-corrected chi connectivity index (χ0v) is 12.9. The van der Waals surface area contributed by atoms with Crippen molar-refractivity contribution in [2.45, 2.75) is 13.1 Å². The summed E-state index contributed by atoms with van der Waals surface area (Å²) in [5.74, 6) is -0.996. The van der Waals surface area contributed by atoms with E-state index in [1.165, 1.54) is 9.80 Å². The van der Waals surface area contributed by atoms with Crippen molar-refractivity contribution < 1.29 is 9.59 Å². The van der Waals surface area contributed by atoms with Gasteiger partial charge in [0.2, 0.25) is 0 Å². The highest BCUT2D eigenvalue weighted by atomic mass is 16.2. The summed E-state index contributed by atoms with van der Waals surface area (Å²) < 4.78 is 0. The van der Waals surface area contributed by atoms with Crippen LogP contribution in [0.2, 0.25) is 0 Å². The third-order valence-corrected chi connectivity index (χ3v) is 3.40. The molecule has 0 N–H and O–H groups in total. The Balaban J connectivity index is 1.94. The molecule has 0 unspecified atom stereocenters. The highest BCUT2D eigenvalue weighted by molar-refractivity contribution is 6.34. The van der Waals surface area contributed by atoms with Crippen LogP contribution in [0.4, 0.5) is 0 Å². The molecule has 2 aromatic carbocycles. The topological polar surface area (TPSA) is 40.6 Å². The van der Waals surface area contributed by atoms with Gasteiger partial charge in [-0.3, -0.25) is 9.59 Å². The number of hydrogen-bond acceptors (Lipinski definition) is 2. The second kappa shape index (κ2) is 7.41. The standard InChI is InChI=1S/C18H20N2O2/c1-19(13-15-9-5-3-6-10-15)17(21)18(22)20(2)14-16-11-7-4-8-12-16/h3-12H,13-14H2,1-2H3. The fourth-order valence-corrected chi connectivity index (χ4v) is 2.18. The SMILES string of the molecule is CN(Cc1ccccc1)C(=O)C(=O)N(C)Cc1ccccc1. The Hall–Kier alpha value is -2.62. The lowest BCUT2D eigenvalue weighted by atomic mass is 10.2. The number of nitrogens with zero attached hydrogens (tertiary/aromatic N) is 2. The van der Waals surface area contributed by atoms with E-state index in [2.05, 4.69) is 0 Å². The number of hydrogen-bond donors (Lipinski definition) is 0. The van der Waals surface area contributed by atoms with E-state index in [1.807, 2.05) is 60.7 Å². The lowest BCUT2D eigenvalue weighted by Gasteiger charge is -2.21. The smallest absolute Gasteiger partial charge is 0.312 e. The Morgan fingerprint density at radius 1 is 0.682 bits per heavy atom. The summed E-state index contributed by atoms with van der Waals surface area (Å²) in [6.45, 7) is 0.842. The Morgan fingerprint density at radius 3 is 1.32 bits per heavy atom. The van der Waals surface area contributed by atoms with Gasteiger partial charge in [0.15, 0.2) is 0 Å². The van der Waals surface area contributed by atoms with Crippen LogP contribution in [-0.2, 0) is 22.7 Å². The average molecular weight is 296 g/mol. The highest BCUT2D eigenvalue weighted by Gasteiger charge is 2.22. The first-order chi connectivity index (χ1) is 10.6. The molecule has 0 spiro atoms. The van der Waals surface area contributed by atoms with Gasteiger partial charge in [-0.2, -0.15) is 0 Å². The molecule has 22 heavy (non-hydrogen) atoms. The Bertz CT molecular complexity index is 569. The van der Waals surface area contributed by atoms with Crippen molar-refractivity contribution >= 4 is 11.8 Å². The van der Waals surface area contributed by atoms with Crippen molar-refractivity contribution in [1.29, 1.82) is 0 Å². The molecule has 0 aliphatic heterocycles. The van der Waals surface area contributed by atoms with Crippen molar-refractivity contribution in [3.05, 3.63) is 71.8 Å². The first kappa shape index (κ1) is 15.8. The third-order valence-electron chi connectivity index (χ3n) is 3.40. The minimum Gasteiger partial charge on any atom is -0.333 e. The van der Waals surface area contributed by atoms with Crippen molar-refractivity contribution in [3.63, 3.8) is 0 Å². The zero-order valence-electron chi connectivity index (χ0n) is 12.9. The lowest BCUT2D eigenvalue weighted by Crippen LogP contribution is -2.41. The van der Waals surface area contributed by atoms with Crippen LogP contribution in [0.15, 0.2) is 60.7 Å². The summed E-state index contributed by atoms with van der Waals surface area (Å²) >= 11 is 0. The summed E-state index contributed by atoms with van der Waals surface area (Å²) in [7, 11) is 3.28. The van der Waals surface area contributed by atoms with E-state index in [4.69, 9.17) is 0 Å². The Morgan fingerprint density at radius 2 is 1.00 bits per heavy atom. The van der Waals surface area contributed by atoms with Gasteiger partial charge in [-0.1, -0.05) is 60.7 Å². The zero-order chi connectivity index (χ0) is 15.9. The van der Waals surface area contributed by atoms with Gasteiger partial charge in [0.1, 0.15) is 0 Å². The molecule has 0 atom stereocenters. The number of rotatable bonds is 4. The Labute approximate surface area is 131 Å². The number of carbonyl (C=O) groups excluding carboxylic acids is 2. The fraction of sp³-hybridized carbons (Fsp3) is 0.222. The number of benzene rings is 2. The van der Waals surface area contributed by atoms with Gasteiger partial charge in [0.05, 0.1) is 0 Å². The van der Waals surface area contributed by atoms with E-state index in [0.717, 1.165) is 11.1 Å². The van der Waals surface area contributed by atoms with Gasteiger partial charge in [-0.05, 0) is 11.1 Å². The normalized spacial score (nSPS) is 10.1. The maximum absolute atomic E-state index is 12.2. The van der Waals surface area contributed by atoms with Crippen LogP contribution in [0, 0.1) is 0 Å². The molecule has 0 saturated heterocycles. The number of amides is 2. The van der Waals surface area contributed by atoms with Crippen LogP contribution >= 0.6 is 0 Å². The second-order valence-corrected chi connectivity index (χ2v) is 5.29. The van der Waals surface area contributed by atoms with Crippen LogP contribution in [0.25, 0.3) is 0 Å². The summed E-state index contributed by atoms with van der Waals surface area (Å²) in [5, 5.41) is 0. The molecule has 4 heteroatoms. The molecular weight excluding hydrogens is 276 g/mol. The molecule has 4 nitrogen and oxygen atoms in total. The summed E-state index contributed by atoms with van der Waals surface area (Å²) in [6, 6.07) is 19.2. The van der Waals surface area contributed by atoms with Crippen LogP contribution in [0.1, 0.15) is 11.1 Å². The van der Waals surface area contributed by atoms with Gasteiger partial charge in [0.25, 0.3) is 0 Å². The number of likely N-dealkylation sites (N-methyl/N-ethyl adjacent to an activating group) is 2. The van der Waals surface area contributed by atoms with Crippen molar-refractivity contribution in [2.24, 2.45) is 0 Å². The van der Waals surface area contributed by atoms with E-state index in [1.54, 1.807) is 14.1 Å². The second-order valence-electron chi connectivity index (χ2n) is 5.29. The summed E-state index contributed by atoms with van der Waals surface area (Å²) in [6.07, 6.45) is 0. The average Bonchev–Trinajstić information content (AvgIpc) is 2.55. The van der Waals surface area contributed by atoms with E-state index in [0.29, 0.717) is 13.1 Å². The molecule has 114 valence electrons. The largest absolute Gasteiger partial charge is 0.333 e. The molecule has 0 radical (unpaired) electrons. The predicted molar refractivity (Wildman–Crippen MR) is 85.8 cm³/mol. The minimum atomic E-state index is -0.498. The van der Waals surface area contributed by atoms with Gasteiger partial charge in [-0.25, -0.2) is 0 Å². The molecule has 0 aromatic heterocycles. The molecule has 0 bridgehead atoms. The molecule has 0 fully saturated rings. The quantitative estimate of drug-likeness (QED) is 0.812. The molecule has 0 heterocycles. The predicted octanol–water partition coefficient (Wildman–Crippen LogP) is 2.30. The molecule has 2 rings (SSSR count). The maximum atomic E-state index is 12.2. The third kappa shape index (κ3) is 4.19.